The van der Waals surface area contributed by atoms with Gasteiger partial charge in [-0.3, -0.25) is 9.48 Å². The van der Waals surface area contributed by atoms with E-state index in [0.29, 0.717) is 12.2 Å². The van der Waals surface area contributed by atoms with Gasteiger partial charge in [-0.2, -0.15) is 5.10 Å². The van der Waals surface area contributed by atoms with Crippen LogP contribution >= 0.6 is 0 Å². The van der Waals surface area contributed by atoms with Crippen LogP contribution in [-0.4, -0.2) is 15.6 Å². The van der Waals surface area contributed by atoms with Crippen molar-refractivity contribution in [3.63, 3.8) is 0 Å². The number of rotatable bonds is 5. The SMILES string of the molecule is CC(=O)c1c(F)cccc1NCc1cn(C)nc1-c1ccccc1. The third kappa shape index (κ3) is 3.20. The topological polar surface area (TPSA) is 46.9 Å². The molecule has 1 aromatic heterocycles. The fourth-order valence-electron chi connectivity index (χ4n) is 2.73. The average molecular weight is 323 g/mol. The molecule has 0 unspecified atom stereocenters. The van der Waals surface area contributed by atoms with Crippen LogP contribution in [0.2, 0.25) is 0 Å². The number of ketones is 1. The van der Waals surface area contributed by atoms with Gasteiger partial charge in [0.25, 0.3) is 0 Å². The Labute approximate surface area is 139 Å². The maximum Gasteiger partial charge on any atom is 0.164 e. The summed E-state index contributed by atoms with van der Waals surface area (Å²) < 4.78 is 15.6. The molecule has 0 saturated carbocycles. The van der Waals surface area contributed by atoms with Crippen molar-refractivity contribution in [3.8, 4) is 11.3 Å². The molecule has 0 amide bonds. The Morgan fingerprint density at radius 2 is 1.92 bits per heavy atom. The van der Waals surface area contributed by atoms with Gasteiger partial charge in [0, 0.05) is 36.6 Å². The number of hydrogen-bond donors (Lipinski definition) is 1. The Bertz CT molecular complexity index is 872. The van der Waals surface area contributed by atoms with Crippen LogP contribution in [0.15, 0.2) is 54.7 Å². The Hall–Kier alpha value is -2.95. The third-order valence-electron chi connectivity index (χ3n) is 3.79. The highest BCUT2D eigenvalue weighted by molar-refractivity contribution is 5.99. The first kappa shape index (κ1) is 15.9. The van der Waals surface area contributed by atoms with Gasteiger partial charge in [0.15, 0.2) is 5.78 Å². The Morgan fingerprint density at radius 1 is 1.17 bits per heavy atom. The van der Waals surface area contributed by atoms with Crippen LogP contribution in [0.4, 0.5) is 10.1 Å². The van der Waals surface area contributed by atoms with Crippen LogP contribution in [0, 0.1) is 5.82 Å². The van der Waals surface area contributed by atoms with Crippen molar-refractivity contribution in [2.24, 2.45) is 7.05 Å². The van der Waals surface area contributed by atoms with E-state index in [-0.39, 0.29) is 11.3 Å². The smallest absolute Gasteiger partial charge is 0.164 e. The molecule has 3 rings (SSSR count). The van der Waals surface area contributed by atoms with Crippen LogP contribution in [0.3, 0.4) is 0 Å². The van der Waals surface area contributed by atoms with E-state index < -0.39 is 5.82 Å². The summed E-state index contributed by atoms with van der Waals surface area (Å²) in [6.07, 6.45) is 1.92. The lowest BCUT2D eigenvalue weighted by atomic mass is 10.1. The predicted octanol–water partition coefficient (Wildman–Crippen LogP) is 4.04. The Balaban J connectivity index is 1.89. The first-order valence-electron chi connectivity index (χ1n) is 7.67. The molecule has 0 aliphatic rings. The van der Waals surface area contributed by atoms with Crippen molar-refractivity contribution in [2.75, 3.05) is 5.32 Å². The second-order valence-electron chi connectivity index (χ2n) is 5.61. The zero-order valence-electron chi connectivity index (χ0n) is 13.6. The summed E-state index contributed by atoms with van der Waals surface area (Å²) in [6.45, 7) is 1.81. The van der Waals surface area contributed by atoms with Gasteiger partial charge < -0.3 is 5.32 Å². The molecule has 1 heterocycles. The molecule has 0 aliphatic heterocycles. The molecule has 2 aromatic carbocycles. The van der Waals surface area contributed by atoms with E-state index in [0.717, 1.165) is 16.8 Å². The number of nitrogens with one attached hydrogen (secondary N) is 1. The second-order valence-corrected chi connectivity index (χ2v) is 5.61. The summed E-state index contributed by atoms with van der Waals surface area (Å²) in [5, 5.41) is 7.66. The van der Waals surface area contributed by atoms with Crippen LogP contribution in [-0.2, 0) is 13.6 Å². The summed E-state index contributed by atoms with van der Waals surface area (Å²) in [6, 6.07) is 14.5. The molecule has 0 spiro atoms. The lowest BCUT2D eigenvalue weighted by molar-refractivity contribution is 0.101. The minimum Gasteiger partial charge on any atom is -0.380 e. The van der Waals surface area contributed by atoms with Crippen LogP contribution < -0.4 is 5.32 Å². The monoisotopic (exact) mass is 323 g/mol. The Morgan fingerprint density at radius 3 is 2.62 bits per heavy atom. The van der Waals surface area contributed by atoms with Crippen molar-refractivity contribution in [2.45, 2.75) is 13.5 Å². The molecule has 5 heteroatoms. The molecular formula is C19H18FN3O. The van der Waals surface area contributed by atoms with Gasteiger partial charge in [-0.05, 0) is 19.1 Å². The molecule has 0 fully saturated rings. The summed E-state index contributed by atoms with van der Waals surface area (Å²) in [4.78, 5) is 11.7. The quantitative estimate of drug-likeness (QED) is 0.721. The number of aryl methyl sites for hydroxylation is 1. The molecule has 1 N–H and O–H groups in total. The number of Topliss-reactive ketones (excluding diaryl/α,β-unsaturated/α-hetero) is 1. The van der Waals surface area contributed by atoms with Crippen molar-refractivity contribution < 1.29 is 9.18 Å². The predicted molar refractivity (Wildman–Crippen MR) is 92.4 cm³/mol. The number of nitrogens with zero attached hydrogens (tertiary/aromatic N) is 2. The molecule has 122 valence electrons. The largest absolute Gasteiger partial charge is 0.380 e. The number of carbonyl (C=O) groups excluding carboxylic acids is 1. The molecule has 24 heavy (non-hydrogen) atoms. The minimum atomic E-state index is -0.512. The van der Waals surface area contributed by atoms with Gasteiger partial charge in [0.05, 0.1) is 11.3 Å². The number of hydrogen-bond acceptors (Lipinski definition) is 3. The average Bonchev–Trinajstić information content (AvgIpc) is 2.94. The molecule has 0 saturated heterocycles. The maximum absolute atomic E-state index is 13.9. The minimum absolute atomic E-state index is 0.0858. The number of carbonyl (C=O) groups is 1. The molecular weight excluding hydrogens is 305 g/mol. The highest BCUT2D eigenvalue weighted by atomic mass is 19.1. The van der Waals surface area contributed by atoms with Gasteiger partial charge in [-0.15, -0.1) is 0 Å². The van der Waals surface area contributed by atoms with Crippen LogP contribution in [0.5, 0.6) is 0 Å². The number of halogens is 1. The Kier molecular flexibility index (Phi) is 4.42. The van der Waals surface area contributed by atoms with E-state index in [1.165, 1.54) is 13.0 Å². The van der Waals surface area contributed by atoms with Crippen LogP contribution in [0.1, 0.15) is 22.8 Å². The second kappa shape index (κ2) is 6.66. The third-order valence-corrected chi connectivity index (χ3v) is 3.79. The number of benzene rings is 2. The maximum atomic E-state index is 13.9. The normalized spacial score (nSPS) is 10.6. The summed E-state index contributed by atoms with van der Waals surface area (Å²) in [5.41, 5.74) is 3.43. The lowest BCUT2D eigenvalue weighted by Gasteiger charge is -2.11. The van der Waals surface area contributed by atoms with Gasteiger partial charge in [0.2, 0.25) is 0 Å². The fraction of sp³-hybridized carbons (Fsp3) is 0.158. The van der Waals surface area contributed by atoms with E-state index in [9.17, 15) is 9.18 Å². The highest BCUT2D eigenvalue weighted by Crippen LogP contribution is 2.24. The van der Waals surface area contributed by atoms with Gasteiger partial charge in [-0.1, -0.05) is 36.4 Å². The molecule has 0 aliphatic carbocycles. The van der Waals surface area contributed by atoms with Gasteiger partial charge in [0.1, 0.15) is 5.82 Å². The number of aromatic nitrogens is 2. The van der Waals surface area contributed by atoms with Crippen molar-refractivity contribution in [3.05, 3.63) is 71.7 Å². The molecule has 0 radical (unpaired) electrons. The van der Waals surface area contributed by atoms with Crippen molar-refractivity contribution in [1.29, 1.82) is 0 Å². The van der Waals surface area contributed by atoms with E-state index >= 15 is 0 Å². The summed E-state index contributed by atoms with van der Waals surface area (Å²) in [5.74, 6) is -0.813. The molecule has 4 nitrogen and oxygen atoms in total. The molecule has 0 bridgehead atoms. The van der Waals surface area contributed by atoms with E-state index in [4.69, 9.17) is 0 Å². The van der Waals surface area contributed by atoms with E-state index in [2.05, 4.69) is 10.4 Å². The zero-order chi connectivity index (χ0) is 17.1. The van der Waals surface area contributed by atoms with E-state index in [1.54, 1.807) is 16.8 Å². The zero-order valence-corrected chi connectivity index (χ0v) is 13.6. The standard InChI is InChI=1S/C19H18FN3O/c1-13(24)18-16(20)9-6-10-17(18)21-11-15-12-23(2)22-19(15)14-7-4-3-5-8-14/h3-10,12,21H,11H2,1-2H3. The number of anilines is 1. The highest BCUT2D eigenvalue weighted by Gasteiger charge is 2.14. The first-order chi connectivity index (χ1) is 11.6. The van der Waals surface area contributed by atoms with Crippen molar-refractivity contribution >= 4 is 11.5 Å². The summed E-state index contributed by atoms with van der Waals surface area (Å²) in [7, 11) is 1.86. The molecule has 0 atom stereocenters. The van der Waals surface area contributed by atoms with Crippen LogP contribution in [0.25, 0.3) is 11.3 Å². The van der Waals surface area contributed by atoms with Crippen molar-refractivity contribution in [1.82, 2.24) is 9.78 Å². The van der Waals surface area contributed by atoms with Gasteiger partial charge >= 0.3 is 0 Å². The molecule has 3 aromatic rings. The van der Waals surface area contributed by atoms with Gasteiger partial charge in [-0.25, -0.2) is 4.39 Å². The summed E-state index contributed by atoms with van der Waals surface area (Å²) >= 11 is 0. The first-order valence-corrected chi connectivity index (χ1v) is 7.67. The fourth-order valence-corrected chi connectivity index (χ4v) is 2.73. The lowest BCUT2D eigenvalue weighted by Crippen LogP contribution is -2.07. The van der Waals surface area contributed by atoms with E-state index in [1.807, 2.05) is 43.6 Å².